The number of imidazole rings is 1. The van der Waals surface area contributed by atoms with E-state index in [9.17, 15) is 14.7 Å². The largest absolute Gasteiger partial charge is 0.505 e. The Kier molecular flexibility index (Phi) is 8.00. The maximum Gasteiger partial charge on any atom is 0.301 e. The fourth-order valence-corrected chi connectivity index (χ4v) is 6.88. The van der Waals surface area contributed by atoms with E-state index in [2.05, 4.69) is 39.4 Å². The number of rotatable bonds is 9. The molecule has 9 nitrogen and oxygen atoms in total. The number of carbonyl (C=O) groups is 2. The minimum atomic E-state index is -0.957. The number of anilines is 1. The topological polar surface area (TPSA) is 110 Å². The average Bonchev–Trinajstić information content (AvgIpc) is 3.69. The molecule has 43 heavy (non-hydrogen) atoms. The normalized spacial score (nSPS) is 16.3. The van der Waals surface area contributed by atoms with Crippen molar-refractivity contribution >= 4 is 51.3 Å². The zero-order valence-electron chi connectivity index (χ0n) is 23.9. The molecule has 6 rings (SSSR count). The lowest BCUT2D eigenvalue weighted by molar-refractivity contribution is -0.132. The number of hydrogen-bond donors (Lipinski definition) is 1. The number of aromatic nitrogens is 4. The molecule has 3 aromatic heterocycles. The Morgan fingerprint density at radius 2 is 1.86 bits per heavy atom. The number of aliphatic hydroxyl groups excluding tert-OH is 1. The predicted octanol–water partition coefficient (Wildman–Crippen LogP) is 6.51. The van der Waals surface area contributed by atoms with E-state index in [1.165, 1.54) is 33.6 Å². The van der Waals surface area contributed by atoms with Crippen molar-refractivity contribution in [2.24, 2.45) is 0 Å². The van der Waals surface area contributed by atoms with Crippen LogP contribution >= 0.6 is 23.1 Å². The van der Waals surface area contributed by atoms with Gasteiger partial charge in [-0.2, -0.15) is 0 Å². The van der Waals surface area contributed by atoms with Crippen molar-refractivity contribution in [3.05, 3.63) is 107 Å². The number of thioether (sulfide) groups is 1. The molecule has 218 valence electrons. The number of ketones is 1. The van der Waals surface area contributed by atoms with Crippen LogP contribution in [-0.2, 0) is 15.3 Å². The lowest BCUT2D eigenvalue weighted by Crippen LogP contribution is -2.29. The Balaban J connectivity index is 1.44. The first kappa shape index (κ1) is 28.6. The Morgan fingerprint density at radius 1 is 1.05 bits per heavy atom. The molecule has 1 fully saturated rings. The van der Waals surface area contributed by atoms with Gasteiger partial charge in [0.1, 0.15) is 17.1 Å². The van der Waals surface area contributed by atoms with Gasteiger partial charge in [-0.15, -0.1) is 10.2 Å². The fourth-order valence-electron chi connectivity index (χ4n) is 5.05. The molecule has 1 N–H and O–H groups in total. The zero-order chi connectivity index (χ0) is 30.1. The standard InChI is InChI=1S/C32H29N5O4S2/c1-4-16-41-23-9-7-8-22(17-23)27-25(28(38)26-20(3)33-24-10-5-6-15-36(24)26)29(39)30(40)37(27)31-34-35-32(43-31)42-18-21-13-11-19(2)12-14-21/h5-15,17,27,38H,4,16,18H2,1-3H3. The number of aryl methyl sites for hydroxylation is 2. The number of aliphatic hydroxyl groups is 1. The Hall–Kier alpha value is -4.48. The Morgan fingerprint density at radius 3 is 2.65 bits per heavy atom. The van der Waals surface area contributed by atoms with Gasteiger partial charge in [0.05, 0.1) is 23.9 Å². The van der Waals surface area contributed by atoms with Gasteiger partial charge < -0.3 is 9.84 Å². The SMILES string of the molecule is CCCOc1cccc(C2C(=C(O)c3c(C)nc4ccccn34)C(=O)C(=O)N2c2nnc(SCc3ccc(C)cc3)s2)c1. The summed E-state index contributed by atoms with van der Waals surface area (Å²) in [5, 5.41) is 20.7. The molecular weight excluding hydrogens is 583 g/mol. The molecule has 0 radical (unpaired) electrons. The molecule has 0 aliphatic carbocycles. The zero-order valence-corrected chi connectivity index (χ0v) is 25.5. The van der Waals surface area contributed by atoms with E-state index >= 15 is 0 Å². The number of amides is 1. The van der Waals surface area contributed by atoms with Crippen LogP contribution in [0.2, 0.25) is 0 Å². The molecular formula is C32H29N5O4S2. The third-order valence-electron chi connectivity index (χ3n) is 7.10. The van der Waals surface area contributed by atoms with Crippen molar-refractivity contribution < 1.29 is 19.4 Å². The van der Waals surface area contributed by atoms with Crippen LogP contribution in [0.25, 0.3) is 11.4 Å². The highest BCUT2D eigenvalue weighted by Crippen LogP contribution is 2.45. The number of hydrogen-bond acceptors (Lipinski definition) is 9. The van der Waals surface area contributed by atoms with E-state index < -0.39 is 17.7 Å². The monoisotopic (exact) mass is 611 g/mol. The van der Waals surface area contributed by atoms with Gasteiger partial charge in [-0.25, -0.2) is 4.98 Å². The highest BCUT2D eigenvalue weighted by Gasteiger charge is 2.49. The first-order valence-electron chi connectivity index (χ1n) is 13.9. The summed E-state index contributed by atoms with van der Waals surface area (Å²) in [6.07, 6.45) is 2.58. The molecule has 1 aliphatic rings. The van der Waals surface area contributed by atoms with Crippen LogP contribution in [0.15, 0.2) is 82.8 Å². The van der Waals surface area contributed by atoms with Crippen LogP contribution < -0.4 is 9.64 Å². The number of benzene rings is 2. The van der Waals surface area contributed by atoms with Crippen molar-refractivity contribution in [2.75, 3.05) is 11.5 Å². The van der Waals surface area contributed by atoms with Gasteiger partial charge in [-0.05, 0) is 55.7 Å². The van der Waals surface area contributed by atoms with Crippen LogP contribution in [-0.4, -0.2) is 43.0 Å². The Bertz CT molecular complexity index is 1860. The van der Waals surface area contributed by atoms with Crippen molar-refractivity contribution in [3.8, 4) is 5.75 Å². The molecule has 11 heteroatoms. The van der Waals surface area contributed by atoms with E-state index in [-0.39, 0.29) is 16.5 Å². The second kappa shape index (κ2) is 12.0. The number of carbonyl (C=O) groups excluding carboxylic acids is 2. The molecule has 0 saturated carbocycles. The minimum Gasteiger partial charge on any atom is -0.505 e. The lowest BCUT2D eigenvalue weighted by Gasteiger charge is -2.23. The maximum absolute atomic E-state index is 13.7. The summed E-state index contributed by atoms with van der Waals surface area (Å²) in [6.45, 7) is 6.33. The molecule has 5 aromatic rings. The highest BCUT2D eigenvalue weighted by atomic mass is 32.2. The van der Waals surface area contributed by atoms with E-state index in [0.29, 0.717) is 45.0 Å². The van der Waals surface area contributed by atoms with E-state index in [4.69, 9.17) is 4.74 Å². The van der Waals surface area contributed by atoms with Crippen LogP contribution in [0.5, 0.6) is 5.75 Å². The van der Waals surface area contributed by atoms with Gasteiger partial charge in [0, 0.05) is 11.9 Å². The minimum absolute atomic E-state index is 0.0459. The van der Waals surface area contributed by atoms with Crippen LogP contribution in [0.3, 0.4) is 0 Å². The van der Waals surface area contributed by atoms with Gasteiger partial charge >= 0.3 is 5.91 Å². The summed E-state index contributed by atoms with van der Waals surface area (Å²) in [5.41, 5.74) is 4.37. The first-order valence-corrected chi connectivity index (χ1v) is 15.7. The fraction of sp³-hybridized carbons (Fsp3) is 0.219. The summed E-state index contributed by atoms with van der Waals surface area (Å²) in [4.78, 5) is 33.3. The van der Waals surface area contributed by atoms with Crippen LogP contribution in [0, 0.1) is 13.8 Å². The van der Waals surface area contributed by atoms with Crippen molar-refractivity contribution in [3.63, 3.8) is 0 Å². The summed E-state index contributed by atoms with van der Waals surface area (Å²) < 4.78 is 8.24. The van der Waals surface area contributed by atoms with Crippen molar-refractivity contribution in [1.29, 1.82) is 0 Å². The molecule has 1 amide bonds. The van der Waals surface area contributed by atoms with E-state index in [0.717, 1.165) is 12.0 Å². The van der Waals surface area contributed by atoms with Crippen LogP contribution in [0.4, 0.5) is 5.13 Å². The number of pyridine rings is 1. The Labute approximate surface area is 256 Å². The summed E-state index contributed by atoms with van der Waals surface area (Å²) >= 11 is 2.74. The summed E-state index contributed by atoms with van der Waals surface area (Å²) in [7, 11) is 0. The third kappa shape index (κ3) is 5.53. The highest BCUT2D eigenvalue weighted by molar-refractivity contribution is 8.00. The van der Waals surface area contributed by atoms with Crippen molar-refractivity contribution in [1.82, 2.24) is 19.6 Å². The molecule has 2 aromatic carbocycles. The number of fused-ring (bicyclic) bond motifs is 1. The molecule has 4 heterocycles. The lowest BCUT2D eigenvalue weighted by atomic mass is 9.96. The molecule has 0 bridgehead atoms. The van der Waals surface area contributed by atoms with E-state index in [1.807, 2.05) is 50.2 Å². The maximum atomic E-state index is 13.7. The van der Waals surface area contributed by atoms with Gasteiger partial charge in [0.25, 0.3) is 5.78 Å². The van der Waals surface area contributed by atoms with Crippen LogP contribution in [0.1, 0.15) is 47.5 Å². The first-order chi connectivity index (χ1) is 20.9. The average molecular weight is 612 g/mol. The number of ether oxygens (including phenoxy) is 1. The molecule has 1 aliphatic heterocycles. The van der Waals surface area contributed by atoms with Crippen molar-refractivity contribution in [2.45, 2.75) is 43.3 Å². The molecule has 1 saturated heterocycles. The van der Waals surface area contributed by atoms with Gasteiger partial charge in [-0.3, -0.25) is 18.9 Å². The number of Topliss-reactive ketones (excluding diaryl/α,β-unsaturated/α-hetero) is 1. The molecule has 1 unspecified atom stereocenters. The quantitative estimate of drug-likeness (QED) is 0.0661. The van der Waals surface area contributed by atoms with E-state index in [1.54, 1.807) is 23.6 Å². The second-order valence-corrected chi connectivity index (χ2v) is 12.4. The molecule has 0 spiro atoms. The number of nitrogens with zero attached hydrogens (tertiary/aromatic N) is 5. The van der Waals surface area contributed by atoms with Gasteiger partial charge in [-0.1, -0.05) is 78.1 Å². The predicted molar refractivity (Wildman–Crippen MR) is 168 cm³/mol. The summed E-state index contributed by atoms with van der Waals surface area (Å²) in [6, 6.07) is 20.0. The summed E-state index contributed by atoms with van der Waals surface area (Å²) in [5.74, 6) is -0.620. The second-order valence-electron chi connectivity index (χ2n) is 10.2. The molecule has 1 atom stereocenters. The van der Waals surface area contributed by atoms with Gasteiger partial charge in [0.15, 0.2) is 10.1 Å². The third-order valence-corrected chi connectivity index (χ3v) is 9.23. The smallest absolute Gasteiger partial charge is 0.301 e. The van der Waals surface area contributed by atoms with Gasteiger partial charge in [0.2, 0.25) is 5.13 Å².